The third-order valence-electron chi connectivity index (χ3n) is 5.25. The predicted molar refractivity (Wildman–Crippen MR) is 123 cm³/mol. The first kappa shape index (κ1) is 21.6. The molecule has 2 heterocycles. The largest absolute Gasteiger partial charge is 0.463 e. The molecule has 0 bridgehead atoms. The molecule has 4 rings (SSSR count). The van der Waals surface area contributed by atoms with E-state index in [1.54, 1.807) is 48.8 Å². The van der Waals surface area contributed by atoms with Gasteiger partial charge in [0, 0.05) is 5.56 Å². The highest BCUT2D eigenvalue weighted by molar-refractivity contribution is 7.07. The van der Waals surface area contributed by atoms with Gasteiger partial charge in [-0.25, -0.2) is 9.79 Å². The van der Waals surface area contributed by atoms with E-state index in [0.29, 0.717) is 26.2 Å². The van der Waals surface area contributed by atoms with Gasteiger partial charge < -0.3 is 4.74 Å². The molecule has 0 aliphatic carbocycles. The summed E-state index contributed by atoms with van der Waals surface area (Å²) in [5.74, 6) is -0.488. The van der Waals surface area contributed by atoms with E-state index in [-0.39, 0.29) is 17.9 Å². The van der Waals surface area contributed by atoms with Gasteiger partial charge in [0.15, 0.2) is 10.6 Å². The predicted octanol–water partition coefficient (Wildman–Crippen LogP) is 3.00. The number of esters is 1. The van der Waals surface area contributed by atoms with Crippen molar-refractivity contribution in [1.29, 1.82) is 0 Å². The van der Waals surface area contributed by atoms with Crippen molar-refractivity contribution < 1.29 is 14.3 Å². The van der Waals surface area contributed by atoms with Crippen molar-refractivity contribution in [2.45, 2.75) is 26.8 Å². The number of aromatic nitrogens is 1. The molecule has 2 aromatic carbocycles. The maximum atomic E-state index is 13.5. The number of carbonyl (C=O) groups is 2. The molecular weight excluding hydrogens is 424 g/mol. The minimum absolute atomic E-state index is 0.0132. The van der Waals surface area contributed by atoms with E-state index in [9.17, 15) is 14.4 Å². The fourth-order valence-corrected chi connectivity index (χ4v) is 4.75. The number of rotatable bonds is 5. The van der Waals surface area contributed by atoms with Crippen LogP contribution in [-0.2, 0) is 9.53 Å². The monoisotopic (exact) mass is 446 g/mol. The lowest BCUT2D eigenvalue weighted by atomic mass is 9.96. The molecule has 0 saturated carbocycles. The van der Waals surface area contributed by atoms with Gasteiger partial charge in [0.2, 0.25) is 0 Å². The van der Waals surface area contributed by atoms with Crippen LogP contribution in [0.15, 0.2) is 75.7 Å². The van der Waals surface area contributed by atoms with E-state index in [2.05, 4.69) is 4.99 Å². The van der Waals surface area contributed by atoms with Crippen molar-refractivity contribution in [2.75, 3.05) is 6.61 Å². The summed E-state index contributed by atoms with van der Waals surface area (Å²) < 4.78 is 7.35. The summed E-state index contributed by atoms with van der Waals surface area (Å²) in [5.41, 5.74) is 2.90. The molecule has 3 aromatic rings. The van der Waals surface area contributed by atoms with Crippen LogP contribution in [-0.4, -0.2) is 22.9 Å². The Labute approximate surface area is 188 Å². The molecule has 6 nitrogen and oxygen atoms in total. The van der Waals surface area contributed by atoms with Crippen LogP contribution in [0, 0.1) is 0 Å². The first-order chi connectivity index (χ1) is 15.4. The number of ketones is 1. The second-order valence-electron chi connectivity index (χ2n) is 7.39. The normalized spacial score (nSPS) is 15.8. The summed E-state index contributed by atoms with van der Waals surface area (Å²) in [6.07, 6.45) is 1.78. The van der Waals surface area contributed by atoms with Gasteiger partial charge in [-0.05, 0) is 38.0 Å². The van der Waals surface area contributed by atoms with Gasteiger partial charge in [-0.15, -0.1) is 0 Å². The van der Waals surface area contributed by atoms with E-state index in [1.165, 1.54) is 18.3 Å². The van der Waals surface area contributed by atoms with Crippen LogP contribution in [0.3, 0.4) is 0 Å². The highest BCUT2D eigenvalue weighted by atomic mass is 32.1. The molecule has 1 unspecified atom stereocenters. The highest BCUT2D eigenvalue weighted by Crippen LogP contribution is 2.30. The molecule has 1 aromatic heterocycles. The molecule has 0 spiro atoms. The molecule has 1 atom stereocenters. The van der Waals surface area contributed by atoms with Gasteiger partial charge in [-0.2, -0.15) is 0 Å². The highest BCUT2D eigenvalue weighted by Gasteiger charge is 2.33. The number of ether oxygens (including phenoxy) is 1. The lowest BCUT2D eigenvalue weighted by Crippen LogP contribution is -2.39. The van der Waals surface area contributed by atoms with Crippen molar-refractivity contribution in [1.82, 2.24) is 4.57 Å². The molecule has 0 amide bonds. The van der Waals surface area contributed by atoms with Crippen molar-refractivity contribution in [2.24, 2.45) is 4.99 Å². The maximum Gasteiger partial charge on any atom is 0.338 e. The third-order valence-corrected chi connectivity index (χ3v) is 6.23. The van der Waals surface area contributed by atoms with Crippen LogP contribution in [0.2, 0.25) is 0 Å². The number of carbonyl (C=O) groups excluding carboxylic acids is 2. The number of fused-ring (bicyclic) bond motifs is 1. The average Bonchev–Trinajstić information content (AvgIpc) is 3.08. The molecule has 1 aliphatic heterocycles. The molecular formula is C25H22N2O4S. The van der Waals surface area contributed by atoms with E-state index < -0.39 is 12.0 Å². The Hall–Kier alpha value is -3.58. The van der Waals surface area contributed by atoms with Gasteiger partial charge in [0.1, 0.15) is 0 Å². The number of thiazole rings is 1. The molecule has 7 heteroatoms. The first-order valence-corrected chi connectivity index (χ1v) is 11.1. The molecule has 0 N–H and O–H groups in total. The van der Waals surface area contributed by atoms with Crippen molar-refractivity contribution in [3.63, 3.8) is 0 Å². The van der Waals surface area contributed by atoms with Crippen molar-refractivity contribution in [3.8, 4) is 0 Å². The first-order valence-electron chi connectivity index (χ1n) is 10.3. The standard InChI is InChI=1S/C25H22N2O4S/c1-4-31-24(30)21-15(2)26-25-27(22(21)19-8-6-5-7-9-19)23(29)20(32-25)14-17-10-12-18(13-11-17)16(3)28/h5-14,22H,4H2,1-3H3/b20-14-. The van der Waals surface area contributed by atoms with Crippen LogP contribution in [0.5, 0.6) is 0 Å². The van der Waals surface area contributed by atoms with Crippen molar-refractivity contribution >= 4 is 29.2 Å². The maximum absolute atomic E-state index is 13.5. The summed E-state index contributed by atoms with van der Waals surface area (Å²) in [5, 5.41) is 0. The molecule has 1 aliphatic rings. The smallest absolute Gasteiger partial charge is 0.338 e. The van der Waals surface area contributed by atoms with E-state index in [0.717, 1.165) is 11.1 Å². The Morgan fingerprint density at radius 1 is 1.12 bits per heavy atom. The van der Waals surface area contributed by atoms with Crippen molar-refractivity contribution in [3.05, 3.63) is 102 Å². The fourth-order valence-electron chi connectivity index (χ4n) is 3.71. The van der Waals surface area contributed by atoms with Crippen LogP contribution in [0.1, 0.15) is 48.3 Å². The minimum atomic E-state index is -0.617. The zero-order valence-corrected chi connectivity index (χ0v) is 18.8. The third kappa shape index (κ3) is 3.99. The van der Waals surface area contributed by atoms with Crippen LogP contribution >= 0.6 is 11.3 Å². The Morgan fingerprint density at radius 2 is 1.81 bits per heavy atom. The van der Waals surface area contributed by atoms with Crippen LogP contribution in [0.4, 0.5) is 0 Å². The number of benzene rings is 2. The topological polar surface area (TPSA) is 77.7 Å². The van der Waals surface area contributed by atoms with Gasteiger partial charge in [-0.3, -0.25) is 14.2 Å². The average molecular weight is 447 g/mol. The second-order valence-corrected chi connectivity index (χ2v) is 8.40. The molecule has 0 saturated heterocycles. The minimum Gasteiger partial charge on any atom is -0.463 e. The van der Waals surface area contributed by atoms with E-state index in [4.69, 9.17) is 4.74 Å². The molecule has 162 valence electrons. The summed E-state index contributed by atoms with van der Waals surface area (Å²) >= 11 is 1.27. The quantitative estimate of drug-likeness (QED) is 0.446. The Bertz CT molecular complexity index is 1400. The lowest BCUT2D eigenvalue weighted by molar-refractivity contribution is -0.139. The van der Waals surface area contributed by atoms with Gasteiger partial charge in [0.25, 0.3) is 5.56 Å². The molecule has 32 heavy (non-hydrogen) atoms. The second kappa shape index (κ2) is 8.88. The number of Topliss-reactive ketones (excluding diaryl/α,β-unsaturated/α-hetero) is 1. The van der Waals surface area contributed by atoms with Crippen LogP contribution in [0.25, 0.3) is 6.08 Å². The Morgan fingerprint density at radius 3 is 2.44 bits per heavy atom. The zero-order valence-electron chi connectivity index (χ0n) is 18.0. The van der Waals surface area contributed by atoms with Gasteiger partial charge >= 0.3 is 5.97 Å². The van der Waals surface area contributed by atoms with Crippen LogP contribution < -0.4 is 14.9 Å². The van der Waals surface area contributed by atoms with E-state index >= 15 is 0 Å². The summed E-state index contributed by atoms with van der Waals surface area (Å²) in [7, 11) is 0. The summed E-state index contributed by atoms with van der Waals surface area (Å²) in [4.78, 5) is 42.9. The summed E-state index contributed by atoms with van der Waals surface area (Å²) in [6.45, 7) is 5.26. The summed E-state index contributed by atoms with van der Waals surface area (Å²) in [6, 6.07) is 15.9. The number of hydrogen-bond donors (Lipinski definition) is 0. The lowest BCUT2D eigenvalue weighted by Gasteiger charge is -2.24. The Balaban J connectivity index is 1.90. The number of hydrogen-bond acceptors (Lipinski definition) is 6. The number of nitrogens with zero attached hydrogens (tertiary/aromatic N) is 2. The molecule has 0 fully saturated rings. The zero-order chi connectivity index (χ0) is 22.8. The molecule has 0 radical (unpaired) electrons. The SMILES string of the molecule is CCOC(=O)C1=C(C)N=c2s/c(=C\c3ccc(C(C)=O)cc3)c(=O)n2C1c1ccccc1. The Kier molecular flexibility index (Phi) is 6.01. The number of allylic oxidation sites excluding steroid dienone is 1. The van der Waals surface area contributed by atoms with Gasteiger partial charge in [-0.1, -0.05) is 65.9 Å². The van der Waals surface area contributed by atoms with Gasteiger partial charge in [0.05, 0.1) is 28.5 Å². The van der Waals surface area contributed by atoms with E-state index in [1.807, 2.05) is 30.3 Å². The fraction of sp³-hybridized carbons (Fsp3) is 0.200.